The molecule has 1 atom stereocenters. The Morgan fingerprint density at radius 3 is 3.05 bits per heavy atom. The van der Waals surface area contributed by atoms with Gasteiger partial charge in [0.25, 0.3) is 5.78 Å². The number of ketones is 1. The number of rotatable bonds is 1. The normalized spacial score (nSPS) is 18.4. The lowest BCUT2D eigenvalue weighted by Gasteiger charge is -2.20. The Morgan fingerprint density at radius 1 is 1.35 bits per heavy atom. The van der Waals surface area contributed by atoms with Crippen LogP contribution in [-0.2, 0) is 6.42 Å². The van der Waals surface area contributed by atoms with Gasteiger partial charge in [-0.1, -0.05) is 0 Å². The van der Waals surface area contributed by atoms with E-state index in [4.69, 9.17) is 4.42 Å². The molecule has 0 saturated carbocycles. The Kier molecular flexibility index (Phi) is 2.26. The zero-order valence-electron chi connectivity index (χ0n) is 10.9. The van der Waals surface area contributed by atoms with Crippen molar-refractivity contribution in [3.8, 4) is 0 Å². The Hall–Kier alpha value is -2.50. The van der Waals surface area contributed by atoms with Gasteiger partial charge in [0, 0.05) is 25.0 Å². The number of carbonyl (C=O) groups is 1. The lowest BCUT2D eigenvalue weighted by Crippen LogP contribution is -2.21. The van der Waals surface area contributed by atoms with Gasteiger partial charge < -0.3 is 4.42 Å². The van der Waals surface area contributed by atoms with Crippen LogP contribution in [0.15, 0.2) is 29.0 Å². The minimum Gasteiger partial charge on any atom is -0.469 e. The third kappa shape index (κ3) is 1.65. The highest BCUT2D eigenvalue weighted by atomic mass is 16.3. The molecule has 4 rings (SSSR count). The van der Waals surface area contributed by atoms with Gasteiger partial charge >= 0.3 is 0 Å². The summed E-state index contributed by atoms with van der Waals surface area (Å²) in [5.74, 6) is 2.16. The molecule has 20 heavy (non-hydrogen) atoms. The van der Waals surface area contributed by atoms with Gasteiger partial charge in [-0.2, -0.15) is 10.1 Å². The van der Waals surface area contributed by atoms with E-state index in [9.17, 15) is 4.79 Å². The van der Waals surface area contributed by atoms with Crippen LogP contribution in [0.2, 0.25) is 0 Å². The molecule has 0 spiro atoms. The van der Waals surface area contributed by atoms with E-state index in [0.717, 1.165) is 11.5 Å². The highest BCUT2D eigenvalue weighted by Crippen LogP contribution is 2.32. The van der Waals surface area contributed by atoms with Crippen molar-refractivity contribution in [2.45, 2.75) is 25.7 Å². The number of nitrogens with zero attached hydrogens (tertiary/aromatic N) is 4. The fourth-order valence-electron chi connectivity index (χ4n) is 2.71. The molecule has 1 aliphatic carbocycles. The third-order valence-electron chi connectivity index (χ3n) is 3.63. The van der Waals surface area contributed by atoms with Crippen molar-refractivity contribution < 1.29 is 9.21 Å². The van der Waals surface area contributed by atoms with Gasteiger partial charge in [-0.15, -0.1) is 0 Å². The molecule has 3 aromatic heterocycles. The first-order valence-corrected chi connectivity index (χ1v) is 6.50. The third-order valence-corrected chi connectivity index (χ3v) is 3.63. The van der Waals surface area contributed by atoms with Gasteiger partial charge in [0.15, 0.2) is 5.78 Å². The van der Waals surface area contributed by atoms with Gasteiger partial charge in [-0.25, -0.2) is 9.50 Å². The monoisotopic (exact) mass is 268 g/mol. The molecular weight excluding hydrogens is 256 g/mol. The molecule has 0 amide bonds. The minimum absolute atomic E-state index is 0.0592. The summed E-state index contributed by atoms with van der Waals surface area (Å²) in [5, 5.41) is 4.20. The molecule has 3 heterocycles. The van der Waals surface area contributed by atoms with Crippen LogP contribution in [0.4, 0.5) is 0 Å². The van der Waals surface area contributed by atoms with Gasteiger partial charge in [0.05, 0.1) is 17.5 Å². The van der Waals surface area contributed by atoms with Crippen LogP contribution in [0.3, 0.4) is 0 Å². The lowest BCUT2D eigenvalue weighted by atomic mass is 9.85. The van der Waals surface area contributed by atoms with Crippen molar-refractivity contribution in [1.82, 2.24) is 19.6 Å². The molecule has 6 heteroatoms. The Balaban J connectivity index is 1.82. The fourth-order valence-corrected chi connectivity index (χ4v) is 2.71. The molecule has 6 nitrogen and oxygen atoms in total. The number of aryl methyl sites for hydroxylation is 1. The number of carbonyl (C=O) groups excluding carboxylic acids is 1. The molecule has 0 saturated heterocycles. The summed E-state index contributed by atoms with van der Waals surface area (Å²) >= 11 is 0. The maximum absolute atomic E-state index is 12.3. The highest BCUT2D eigenvalue weighted by molar-refractivity contribution is 5.98. The van der Waals surface area contributed by atoms with E-state index in [-0.39, 0.29) is 11.7 Å². The van der Waals surface area contributed by atoms with E-state index in [0.29, 0.717) is 30.0 Å². The standard InChI is InChI=1S/C14H12N4O2/c1-8-15-14-16-11-5-9(13-3-2-4-20-13)6-12(19)10(11)7-18(14)17-8/h2-4,7,9H,5-6H2,1H3/t9-/m1/s1. The number of fused-ring (bicyclic) bond motifs is 2. The molecule has 0 aromatic carbocycles. The summed E-state index contributed by atoms with van der Waals surface area (Å²) in [7, 11) is 0. The van der Waals surface area contributed by atoms with E-state index < -0.39 is 0 Å². The van der Waals surface area contributed by atoms with Crippen molar-refractivity contribution >= 4 is 11.6 Å². The molecule has 0 fully saturated rings. The predicted octanol–water partition coefficient (Wildman–Crippen LogP) is 1.94. The predicted molar refractivity (Wildman–Crippen MR) is 69.6 cm³/mol. The van der Waals surface area contributed by atoms with Gasteiger partial charge in [-0.3, -0.25) is 4.79 Å². The van der Waals surface area contributed by atoms with Gasteiger partial charge in [-0.05, 0) is 19.1 Å². The zero-order chi connectivity index (χ0) is 13.7. The number of hydrogen-bond acceptors (Lipinski definition) is 5. The van der Waals surface area contributed by atoms with Crippen LogP contribution >= 0.6 is 0 Å². The van der Waals surface area contributed by atoms with Crippen LogP contribution in [0.25, 0.3) is 5.78 Å². The smallest absolute Gasteiger partial charge is 0.252 e. The first kappa shape index (κ1) is 11.3. The number of aromatic nitrogens is 4. The van der Waals surface area contributed by atoms with Crippen molar-refractivity contribution in [1.29, 1.82) is 0 Å². The maximum atomic E-state index is 12.3. The first-order valence-electron chi connectivity index (χ1n) is 6.50. The molecule has 3 aromatic rings. The molecule has 0 bridgehead atoms. The van der Waals surface area contributed by atoms with Crippen molar-refractivity contribution in [3.05, 3.63) is 47.4 Å². The molecule has 1 aliphatic rings. The van der Waals surface area contributed by atoms with Gasteiger partial charge in [0.1, 0.15) is 11.6 Å². The summed E-state index contributed by atoms with van der Waals surface area (Å²) in [6.45, 7) is 1.81. The van der Waals surface area contributed by atoms with E-state index in [1.54, 1.807) is 23.9 Å². The van der Waals surface area contributed by atoms with Gasteiger partial charge in [0.2, 0.25) is 0 Å². The van der Waals surface area contributed by atoms with Crippen LogP contribution in [-0.4, -0.2) is 25.4 Å². The summed E-state index contributed by atoms with van der Waals surface area (Å²) in [5.41, 5.74) is 1.42. The highest BCUT2D eigenvalue weighted by Gasteiger charge is 2.29. The molecule has 100 valence electrons. The average molecular weight is 268 g/mol. The van der Waals surface area contributed by atoms with Crippen molar-refractivity contribution in [3.63, 3.8) is 0 Å². The zero-order valence-corrected chi connectivity index (χ0v) is 10.9. The second-order valence-corrected chi connectivity index (χ2v) is 5.05. The first-order chi connectivity index (χ1) is 9.70. The molecule has 0 radical (unpaired) electrons. The number of furan rings is 1. The SMILES string of the molecule is Cc1nc2nc3c(cn2n1)C(=O)C[C@H](c1ccco1)C3. The quantitative estimate of drug-likeness (QED) is 0.674. The Labute approximate surface area is 114 Å². The molecule has 0 unspecified atom stereocenters. The van der Waals surface area contributed by atoms with E-state index in [1.807, 2.05) is 12.1 Å². The average Bonchev–Trinajstić information content (AvgIpc) is 3.04. The number of hydrogen-bond donors (Lipinski definition) is 0. The Bertz CT molecular complexity index is 804. The second-order valence-electron chi connectivity index (χ2n) is 5.05. The maximum Gasteiger partial charge on any atom is 0.252 e. The number of Topliss-reactive ketones (excluding diaryl/α,β-unsaturated/α-hetero) is 1. The molecular formula is C14H12N4O2. The summed E-state index contributed by atoms with van der Waals surface area (Å²) in [6, 6.07) is 3.75. The summed E-state index contributed by atoms with van der Waals surface area (Å²) in [4.78, 5) is 21.0. The van der Waals surface area contributed by atoms with Crippen LogP contribution in [0, 0.1) is 6.92 Å². The van der Waals surface area contributed by atoms with E-state index in [2.05, 4.69) is 15.1 Å². The molecule has 0 aliphatic heterocycles. The van der Waals surface area contributed by atoms with Crippen LogP contribution < -0.4 is 0 Å². The van der Waals surface area contributed by atoms with Crippen LogP contribution in [0.5, 0.6) is 0 Å². The van der Waals surface area contributed by atoms with Crippen molar-refractivity contribution in [2.75, 3.05) is 0 Å². The lowest BCUT2D eigenvalue weighted by molar-refractivity contribution is 0.0958. The largest absolute Gasteiger partial charge is 0.469 e. The second kappa shape index (κ2) is 4.00. The molecule has 0 N–H and O–H groups in total. The van der Waals surface area contributed by atoms with E-state index >= 15 is 0 Å². The van der Waals surface area contributed by atoms with Crippen LogP contribution in [0.1, 0.15) is 40.0 Å². The van der Waals surface area contributed by atoms with E-state index in [1.165, 1.54) is 0 Å². The van der Waals surface area contributed by atoms with Crippen molar-refractivity contribution in [2.24, 2.45) is 0 Å². The summed E-state index contributed by atoms with van der Waals surface area (Å²) < 4.78 is 6.98. The Morgan fingerprint density at radius 2 is 2.25 bits per heavy atom. The fraction of sp³-hybridized carbons (Fsp3) is 0.286. The topological polar surface area (TPSA) is 73.3 Å². The summed E-state index contributed by atoms with van der Waals surface area (Å²) in [6.07, 6.45) is 4.50. The minimum atomic E-state index is 0.0592.